The molecule has 0 aromatic carbocycles. The van der Waals surface area contributed by atoms with Crippen molar-refractivity contribution in [2.75, 3.05) is 13.6 Å². The van der Waals surface area contributed by atoms with Crippen molar-refractivity contribution in [3.63, 3.8) is 0 Å². The lowest BCUT2D eigenvalue weighted by molar-refractivity contribution is 0.138. The molecule has 2 aliphatic rings. The van der Waals surface area contributed by atoms with Crippen molar-refractivity contribution < 1.29 is 4.79 Å². The van der Waals surface area contributed by atoms with E-state index in [1.54, 1.807) is 0 Å². The largest absolute Gasteiger partial charge is 0.333 e. The van der Waals surface area contributed by atoms with Crippen LogP contribution in [0.25, 0.3) is 0 Å². The molecule has 2 amide bonds. The number of carbonyl (C=O) groups is 1. The van der Waals surface area contributed by atoms with Crippen molar-refractivity contribution in [1.82, 2.24) is 19.4 Å². The number of aromatic nitrogens is 2. The van der Waals surface area contributed by atoms with Crippen LogP contribution < -0.4 is 0 Å². The fourth-order valence-electron chi connectivity index (χ4n) is 3.75. The second-order valence-electron chi connectivity index (χ2n) is 6.45. The fourth-order valence-corrected chi connectivity index (χ4v) is 3.75. The third-order valence-corrected chi connectivity index (χ3v) is 5.13. The molecule has 21 heavy (non-hydrogen) atoms. The number of carbonyl (C=O) groups excluding carboxylic acids is 1. The Bertz CT molecular complexity index is 492. The Morgan fingerprint density at radius 3 is 2.76 bits per heavy atom. The minimum atomic E-state index is 0.224. The Hall–Kier alpha value is -1.52. The molecule has 1 aliphatic carbocycles. The number of imidazole rings is 1. The van der Waals surface area contributed by atoms with E-state index in [2.05, 4.69) is 14.5 Å². The number of hydrogen-bond donors (Lipinski definition) is 0. The monoisotopic (exact) mass is 290 g/mol. The fraction of sp³-hybridized carbons (Fsp3) is 0.750. The molecular weight excluding hydrogens is 264 g/mol. The number of nitrogens with zero attached hydrogens (tertiary/aromatic N) is 4. The van der Waals surface area contributed by atoms with Crippen molar-refractivity contribution in [3.8, 4) is 0 Å². The van der Waals surface area contributed by atoms with E-state index < -0.39 is 0 Å². The molecule has 1 aliphatic heterocycles. The summed E-state index contributed by atoms with van der Waals surface area (Å²) in [4.78, 5) is 21.1. The van der Waals surface area contributed by atoms with Gasteiger partial charge in [0, 0.05) is 38.6 Å². The predicted octanol–water partition coefficient (Wildman–Crippen LogP) is 2.65. The average molecular weight is 290 g/mol. The van der Waals surface area contributed by atoms with Crippen LogP contribution in [0, 0.1) is 6.92 Å². The summed E-state index contributed by atoms with van der Waals surface area (Å²) in [5, 5.41) is 0. The highest BCUT2D eigenvalue weighted by atomic mass is 16.2. The van der Waals surface area contributed by atoms with Crippen LogP contribution in [0.4, 0.5) is 4.79 Å². The maximum atomic E-state index is 12.8. The standard InChI is InChI=1S/C16H26N4O/c1-13-17-9-11-19(13)12-15-8-5-10-20(15)16(21)18(2)14-6-3-4-7-14/h9,11,14-15H,3-8,10,12H2,1-2H3/t15-/m1/s1. The molecule has 3 rings (SSSR count). The molecule has 5 heteroatoms. The van der Waals surface area contributed by atoms with Crippen LogP contribution in [0.15, 0.2) is 12.4 Å². The lowest BCUT2D eigenvalue weighted by Gasteiger charge is -2.33. The van der Waals surface area contributed by atoms with Gasteiger partial charge in [0.15, 0.2) is 0 Å². The third-order valence-electron chi connectivity index (χ3n) is 5.13. The second kappa shape index (κ2) is 6.08. The minimum Gasteiger partial charge on any atom is -0.333 e. The summed E-state index contributed by atoms with van der Waals surface area (Å²) >= 11 is 0. The molecule has 1 aromatic rings. The molecule has 1 atom stereocenters. The normalized spacial score (nSPS) is 23.0. The molecule has 5 nitrogen and oxygen atoms in total. The van der Waals surface area contributed by atoms with Crippen molar-refractivity contribution in [1.29, 1.82) is 0 Å². The predicted molar refractivity (Wildman–Crippen MR) is 82.1 cm³/mol. The number of amides is 2. The first-order chi connectivity index (χ1) is 10.2. The molecule has 0 bridgehead atoms. The van der Waals surface area contributed by atoms with Gasteiger partial charge in [0.2, 0.25) is 0 Å². The molecule has 0 spiro atoms. The first-order valence-electron chi connectivity index (χ1n) is 8.18. The summed E-state index contributed by atoms with van der Waals surface area (Å²) in [6.07, 6.45) is 10.9. The Morgan fingerprint density at radius 1 is 1.33 bits per heavy atom. The third kappa shape index (κ3) is 2.92. The van der Waals surface area contributed by atoms with Gasteiger partial charge in [-0.1, -0.05) is 12.8 Å². The lowest BCUT2D eigenvalue weighted by atomic mass is 10.2. The van der Waals surface area contributed by atoms with Gasteiger partial charge in [-0.2, -0.15) is 0 Å². The molecule has 2 heterocycles. The van der Waals surface area contributed by atoms with E-state index in [0.29, 0.717) is 12.1 Å². The van der Waals surface area contributed by atoms with E-state index in [-0.39, 0.29) is 6.03 Å². The van der Waals surface area contributed by atoms with Gasteiger partial charge in [0.05, 0.1) is 6.04 Å². The van der Waals surface area contributed by atoms with Crippen molar-refractivity contribution >= 4 is 6.03 Å². The van der Waals surface area contributed by atoms with E-state index in [4.69, 9.17) is 0 Å². The Balaban J connectivity index is 1.65. The average Bonchev–Trinajstić information content (AvgIpc) is 3.20. The Morgan fingerprint density at radius 2 is 2.10 bits per heavy atom. The summed E-state index contributed by atoms with van der Waals surface area (Å²) in [5.41, 5.74) is 0. The number of rotatable bonds is 3. The van der Waals surface area contributed by atoms with Crippen LogP contribution in [0.1, 0.15) is 44.3 Å². The molecule has 1 saturated carbocycles. The molecule has 0 N–H and O–H groups in total. The SMILES string of the molecule is Cc1nccn1C[C@H]1CCCN1C(=O)N(C)C1CCCC1. The maximum Gasteiger partial charge on any atom is 0.320 e. The van der Waals surface area contributed by atoms with Crippen molar-refractivity contribution in [2.45, 2.75) is 64.1 Å². The van der Waals surface area contributed by atoms with Gasteiger partial charge in [0.25, 0.3) is 0 Å². The summed E-state index contributed by atoms with van der Waals surface area (Å²) < 4.78 is 2.16. The zero-order chi connectivity index (χ0) is 14.8. The van der Waals surface area contributed by atoms with E-state index >= 15 is 0 Å². The van der Waals surface area contributed by atoms with Crippen LogP contribution >= 0.6 is 0 Å². The summed E-state index contributed by atoms with van der Waals surface area (Å²) in [5.74, 6) is 1.03. The van der Waals surface area contributed by atoms with Crippen LogP contribution in [0.3, 0.4) is 0 Å². The highest BCUT2D eigenvalue weighted by Crippen LogP contribution is 2.26. The van der Waals surface area contributed by atoms with Crippen molar-refractivity contribution in [3.05, 3.63) is 18.2 Å². The molecule has 0 radical (unpaired) electrons. The molecule has 0 unspecified atom stereocenters. The quantitative estimate of drug-likeness (QED) is 0.858. The lowest BCUT2D eigenvalue weighted by Crippen LogP contribution is -2.48. The van der Waals surface area contributed by atoms with Crippen LogP contribution in [-0.4, -0.2) is 51.1 Å². The van der Waals surface area contributed by atoms with Crippen LogP contribution in [0.5, 0.6) is 0 Å². The second-order valence-corrected chi connectivity index (χ2v) is 6.45. The maximum absolute atomic E-state index is 12.8. The van der Waals surface area contributed by atoms with Gasteiger partial charge in [-0.05, 0) is 32.6 Å². The van der Waals surface area contributed by atoms with Gasteiger partial charge in [-0.3, -0.25) is 0 Å². The zero-order valence-corrected chi connectivity index (χ0v) is 13.2. The van der Waals surface area contributed by atoms with Gasteiger partial charge < -0.3 is 14.4 Å². The summed E-state index contributed by atoms with van der Waals surface area (Å²) in [6, 6.07) is 0.991. The topological polar surface area (TPSA) is 41.4 Å². The van der Waals surface area contributed by atoms with E-state index in [1.807, 2.05) is 31.3 Å². The van der Waals surface area contributed by atoms with Crippen molar-refractivity contribution in [2.24, 2.45) is 0 Å². The zero-order valence-electron chi connectivity index (χ0n) is 13.2. The highest BCUT2D eigenvalue weighted by Gasteiger charge is 2.33. The Labute approximate surface area is 126 Å². The van der Waals surface area contributed by atoms with Gasteiger partial charge >= 0.3 is 6.03 Å². The highest BCUT2D eigenvalue weighted by molar-refractivity contribution is 5.75. The van der Waals surface area contributed by atoms with Gasteiger partial charge in [-0.25, -0.2) is 9.78 Å². The first kappa shape index (κ1) is 14.4. The van der Waals surface area contributed by atoms with E-state index in [9.17, 15) is 4.79 Å². The number of hydrogen-bond acceptors (Lipinski definition) is 2. The number of urea groups is 1. The van der Waals surface area contributed by atoms with Gasteiger partial charge in [0.1, 0.15) is 5.82 Å². The first-order valence-corrected chi connectivity index (χ1v) is 8.18. The van der Waals surface area contributed by atoms with Crippen LogP contribution in [-0.2, 0) is 6.54 Å². The molecule has 116 valence electrons. The number of likely N-dealkylation sites (tertiary alicyclic amines) is 1. The molecular formula is C16H26N4O. The van der Waals surface area contributed by atoms with E-state index in [1.165, 1.54) is 25.7 Å². The van der Waals surface area contributed by atoms with Crippen LogP contribution in [0.2, 0.25) is 0 Å². The minimum absolute atomic E-state index is 0.224. The smallest absolute Gasteiger partial charge is 0.320 e. The van der Waals surface area contributed by atoms with Gasteiger partial charge in [-0.15, -0.1) is 0 Å². The molecule has 1 aromatic heterocycles. The summed E-state index contributed by atoms with van der Waals surface area (Å²) in [7, 11) is 1.98. The Kier molecular flexibility index (Phi) is 4.17. The molecule has 1 saturated heterocycles. The summed E-state index contributed by atoms with van der Waals surface area (Å²) in [6.45, 7) is 3.79. The van der Waals surface area contributed by atoms with E-state index in [0.717, 1.165) is 31.8 Å². The number of aryl methyl sites for hydroxylation is 1. The molecule has 2 fully saturated rings.